The molecule has 1 aromatic carbocycles. The molecule has 1 heterocycles. The van der Waals surface area contributed by atoms with Crippen molar-refractivity contribution in [2.75, 3.05) is 12.3 Å². The summed E-state index contributed by atoms with van der Waals surface area (Å²) in [5.41, 5.74) is 6.89. The summed E-state index contributed by atoms with van der Waals surface area (Å²) in [5, 5.41) is 8.69. The minimum atomic E-state index is 0.503. The highest BCUT2D eigenvalue weighted by Crippen LogP contribution is 2.41. The molecule has 1 fully saturated rings. The molecule has 2 aromatic rings. The minimum absolute atomic E-state index is 0.503. The van der Waals surface area contributed by atoms with E-state index in [2.05, 4.69) is 26.2 Å². The third kappa shape index (κ3) is 2.91. The van der Waals surface area contributed by atoms with Gasteiger partial charge in [0, 0.05) is 10.9 Å². The van der Waals surface area contributed by atoms with Crippen molar-refractivity contribution in [1.82, 2.24) is 15.0 Å². The van der Waals surface area contributed by atoms with Gasteiger partial charge in [-0.2, -0.15) is 0 Å². The summed E-state index contributed by atoms with van der Waals surface area (Å²) < 4.78 is 8.41. The van der Waals surface area contributed by atoms with Gasteiger partial charge in [0.1, 0.15) is 12.4 Å². The lowest BCUT2D eigenvalue weighted by atomic mass is 10.3. The Morgan fingerprint density at radius 3 is 2.95 bits per heavy atom. The van der Waals surface area contributed by atoms with E-state index in [1.165, 1.54) is 12.8 Å². The van der Waals surface area contributed by atoms with Gasteiger partial charge in [0.2, 0.25) is 0 Å². The number of aromatic nitrogens is 3. The van der Waals surface area contributed by atoms with Crippen molar-refractivity contribution in [3.8, 4) is 5.75 Å². The Hall–Kier alpha value is -1.27. The molecule has 106 valence electrons. The lowest BCUT2D eigenvalue weighted by Crippen LogP contribution is -2.12. The van der Waals surface area contributed by atoms with Crippen LogP contribution in [-0.4, -0.2) is 21.6 Å². The predicted molar refractivity (Wildman–Crippen MR) is 81.1 cm³/mol. The van der Waals surface area contributed by atoms with Crippen molar-refractivity contribution in [3.05, 3.63) is 33.4 Å². The number of hydrogen-bond acceptors (Lipinski definition) is 4. The Kier molecular flexibility index (Phi) is 3.85. The van der Waals surface area contributed by atoms with E-state index in [1.807, 2.05) is 10.7 Å². The van der Waals surface area contributed by atoms with Crippen LogP contribution in [0.3, 0.4) is 0 Å². The molecule has 5 nitrogen and oxygen atoms in total. The quantitative estimate of drug-likeness (QED) is 0.892. The largest absolute Gasteiger partial charge is 0.490 e. The first kappa shape index (κ1) is 13.7. The van der Waals surface area contributed by atoms with E-state index in [1.54, 1.807) is 12.1 Å². The Labute approximate surface area is 130 Å². The molecule has 0 aliphatic heterocycles. The lowest BCUT2D eigenvalue weighted by molar-refractivity contribution is 0.286. The van der Waals surface area contributed by atoms with Crippen LogP contribution in [0.1, 0.15) is 24.5 Å². The molecule has 20 heavy (non-hydrogen) atoms. The van der Waals surface area contributed by atoms with Gasteiger partial charge in [0.05, 0.1) is 16.7 Å². The number of benzene rings is 1. The highest BCUT2D eigenvalue weighted by molar-refractivity contribution is 9.10. The summed E-state index contributed by atoms with van der Waals surface area (Å²) in [5.74, 6) is 1.82. The fraction of sp³-hybridized carbons (Fsp3) is 0.385. The zero-order valence-corrected chi connectivity index (χ0v) is 13.1. The molecule has 0 radical (unpaired) electrons. The van der Waals surface area contributed by atoms with Crippen molar-refractivity contribution < 1.29 is 4.74 Å². The third-order valence-electron chi connectivity index (χ3n) is 3.22. The van der Waals surface area contributed by atoms with E-state index in [4.69, 9.17) is 22.1 Å². The van der Waals surface area contributed by atoms with E-state index in [9.17, 15) is 0 Å². The van der Waals surface area contributed by atoms with Crippen LogP contribution in [-0.2, 0) is 6.54 Å². The van der Waals surface area contributed by atoms with Crippen LogP contribution in [0, 0.1) is 0 Å². The molecule has 0 atom stereocenters. The molecular weight excluding hydrogens is 344 g/mol. The van der Waals surface area contributed by atoms with Gasteiger partial charge >= 0.3 is 0 Å². The van der Waals surface area contributed by atoms with Crippen LogP contribution in [0.25, 0.3) is 0 Å². The van der Waals surface area contributed by atoms with Crippen molar-refractivity contribution in [1.29, 1.82) is 0 Å². The van der Waals surface area contributed by atoms with Crippen LogP contribution in [0.2, 0.25) is 5.02 Å². The fourth-order valence-electron chi connectivity index (χ4n) is 2.11. The molecule has 0 saturated heterocycles. The second-order valence-corrected chi connectivity index (χ2v) is 6.07. The average Bonchev–Trinajstić information content (AvgIpc) is 3.17. The highest BCUT2D eigenvalue weighted by atomic mass is 79.9. The van der Waals surface area contributed by atoms with Crippen molar-refractivity contribution in [3.63, 3.8) is 0 Å². The summed E-state index contributed by atoms with van der Waals surface area (Å²) in [4.78, 5) is 0. The topological polar surface area (TPSA) is 66.0 Å². The molecule has 1 aromatic heterocycles. The Bertz CT molecular complexity index is 627. The SMILES string of the molecule is Nc1nnn(CCOc2ccc(Cl)cc2Br)c1C1CC1. The summed E-state index contributed by atoms with van der Waals surface area (Å²) >= 11 is 9.31. The average molecular weight is 358 g/mol. The van der Waals surface area contributed by atoms with Gasteiger partial charge < -0.3 is 10.5 Å². The normalized spacial score (nSPS) is 14.5. The first-order valence-corrected chi connectivity index (χ1v) is 7.59. The number of nitrogens with two attached hydrogens (primary N) is 1. The maximum absolute atomic E-state index is 5.89. The van der Waals surface area contributed by atoms with E-state index in [-0.39, 0.29) is 0 Å². The number of nitrogens with zero attached hydrogens (tertiary/aromatic N) is 3. The van der Waals surface area contributed by atoms with Gasteiger partial charge in [0.15, 0.2) is 5.82 Å². The third-order valence-corrected chi connectivity index (χ3v) is 4.07. The summed E-state index contributed by atoms with van der Waals surface area (Å²) in [6.45, 7) is 1.13. The monoisotopic (exact) mass is 356 g/mol. The van der Waals surface area contributed by atoms with E-state index in [0.29, 0.717) is 29.9 Å². The zero-order valence-electron chi connectivity index (χ0n) is 10.7. The Morgan fingerprint density at radius 2 is 2.25 bits per heavy atom. The van der Waals surface area contributed by atoms with Gasteiger partial charge in [-0.3, -0.25) is 0 Å². The molecule has 3 rings (SSSR count). The number of nitrogen functional groups attached to an aromatic ring is 1. The molecule has 2 N–H and O–H groups in total. The molecule has 0 unspecified atom stereocenters. The molecule has 0 amide bonds. The smallest absolute Gasteiger partial charge is 0.169 e. The van der Waals surface area contributed by atoms with Crippen LogP contribution in [0.5, 0.6) is 5.75 Å². The second kappa shape index (κ2) is 5.61. The van der Waals surface area contributed by atoms with Gasteiger partial charge in [-0.15, -0.1) is 5.10 Å². The van der Waals surface area contributed by atoms with E-state index in [0.717, 1.165) is 15.9 Å². The zero-order chi connectivity index (χ0) is 14.1. The minimum Gasteiger partial charge on any atom is -0.490 e. The van der Waals surface area contributed by atoms with Crippen molar-refractivity contribution in [2.24, 2.45) is 0 Å². The Balaban J connectivity index is 1.62. The van der Waals surface area contributed by atoms with Crippen molar-refractivity contribution >= 4 is 33.3 Å². The maximum atomic E-state index is 5.89. The van der Waals surface area contributed by atoms with E-state index >= 15 is 0 Å². The second-order valence-electron chi connectivity index (χ2n) is 4.78. The number of ether oxygens (including phenoxy) is 1. The van der Waals surface area contributed by atoms with Gasteiger partial charge in [-0.05, 0) is 47.0 Å². The number of halogens is 2. The molecule has 1 aliphatic rings. The molecule has 1 saturated carbocycles. The number of rotatable bonds is 5. The molecular formula is C13H14BrClN4O. The van der Waals surface area contributed by atoms with Crippen LogP contribution < -0.4 is 10.5 Å². The number of hydrogen-bond donors (Lipinski definition) is 1. The maximum Gasteiger partial charge on any atom is 0.169 e. The highest BCUT2D eigenvalue weighted by Gasteiger charge is 2.30. The predicted octanol–water partition coefficient (Wildman–Crippen LogP) is 3.23. The lowest BCUT2D eigenvalue weighted by Gasteiger charge is -2.09. The summed E-state index contributed by atoms with van der Waals surface area (Å²) in [6, 6.07) is 5.44. The fourth-order valence-corrected chi connectivity index (χ4v) is 2.91. The van der Waals surface area contributed by atoms with Crippen LogP contribution in [0.15, 0.2) is 22.7 Å². The number of anilines is 1. The molecule has 1 aliphatic carbocycles. The molecule has 7 heteroatoms. The van der Waals surface area contributed by atoms with Gasteiger partial charge in [-0.1, -0.05) is 16.8 Å². The first-order valence-electron chi connectivity index (χ1n) is 6.42. The van der Waals surface area contributed by atoms with Gasteiger partial charge in [-0.25, -0.2) is 4.68 Å². The first-order chi connectivity index (χ1) is 9.65. The van der Waals surface area contributed by atoms with E-state index < -0.39 is 0 Å². The van der Waals surface area contributed by atoms with Crippen LogP contribution in [0.4, 0.5) is 5.82 Å². The van der Waals surface area contributed by atoms with Gasteiger partial charge in [0.25, 0.3) is 0 Å². The van der Waals surface area contributed by atoms with Crippen molar-refractivity contribution in [2.45, 2.75) is 25.3 Å². The van der Waals surface area contributed by atoms with Crippen LogP contribution >= 0.6 is 27.5 Å². The summed E-state index contributed by atoms with van der Waals surface area (Å²) in [6.07, 6.45) is 2.34. The molecule has 0 spiro atoms. The Morgan fingerprint density at radius 1 is 1.45 bits per heavy atom. The molecule has 0 bridgehead atoms. The summed E-state index contributed by atoms with van der Waals surface area (Å²) in [7, 11) is 0. The standard InChI is InChI=1S/C13H14BrClN4O/c14-10-7-9(15)3-4-11(10)20-6-5-19-12(8-1-2-8)13(16)17-18-19/h3-4,7-8H,1-2,5-6,16H2.